The van der Waals surface area contributed by atoms with Crippen molar-refractivity contribution in [1.82, 2.24) is 14.9 Å². The molecule has 120 valence electrons. The lowest BCUT2D eigenvalue weighted by atomic mass is 10.3. The van der Waals surface area contributed by atoms with Gasteiger partial charge >= 0.3 is 0 Å². The van der Waals surface area contributed by atoms with Crippen molar-refractivity contribution in [3.05, 3.63) is 48.5 Å². The van der Waals surface area contributed by atoms with E-state index in [0.717, 1.165) is 0 Å². The minimum atomic E-state index is -0.383. The first kappa shape index (κ1) is 15.2. The summed E-state index contributed by atoms with van der Waals surface area (Å²) < 4.78 is 18.4. The fourth-order valence-corrected chi connectivity index (χ4v) is 2.40. The van der Waals surface area contributed by atoms with Crippen LogP contribution in [0, 0.1) is 5.82 Å². The van der Waals surface area contributed by atoms with Gasteiger partial charge in [0.2, 0.25) is 5.95 Å². The van der Waals surface area contributed by atoms with E-state index in [2.05, 4.69) is 9.97 Å². The first-order valence-electron chi connectivity index (χ1n) is 7.40. The number of hydrogen-bond donors (Lipinski definition) is 0. The first-order valence-corrected chi connectivity index (χ1v) is 7.40. The summed E-state index contributed by atoms with van der Waals surface area (Å²) in [4.78, 5) is 24.3. The Morgan fingerprint density at radius 2 is 1.87 bits per heavy atom. The van der Waals surface area contributed by atoms with Gasteiger partial charge in [-0.05, 0) is 18.2 Å². The number of benzene rings is 1. The van der Waals surface area contributed by atoms with Gasteiger partial charge < -0.3 is 14.5 Å². The molecule has 6 nitrogen and oxygen atoms in total. The quantitative estimate of drug-likeness (QED) is 0.852. The Hall–Kier alpha value is -2.70. The van der Waals surface area contributed by atoms with E-state index >= 15 is 0 Å². The summed E-state index contributed by atoms with van der Waals surface area (Å²) in [7, 11) is 0. The molecule has 0 unspecified atom stereocenters. The first-order chi connectivity index (χ1) is 11.2. The van der Waals surface area contributed by atoms with Gasteiger partial charge in [0.25, 0.3) is 5.91 Å². The SMILES string of the molecule is O=C(COc1cccc(F)c1)N1CCN(c2ncccn2)CC1. The topological polar surface area (TPSA) is 58.6 Å². The van der Waals surface area contributed by atoms with Crippen LogP contribution in [0.15, 0.2) is 42.7 Å². The second-order valence-corrected chi connectivity index (χ2v) is 5.16. The van der Waals surface area contributed by atoms with Crippen molar-refractivity contribution in [2.24, 2.45) is 0 Å². The predicted octanol–water partition coefficient (Wildman–Crippen LogP) is 1.34. The Labute approximate surface area is 133 Å². The molecule has 1 amide bonds. The van der Waals surface area contributed by atoms with Crippen LogP contribution < -0.4 is 9.64 Å². The summed E-state index contributed by atoms with van der Waals surface area (Å²) in [6.07, 6.45) is 3.40. The number of halogens is 1. The summed E-state index contributed by atoms with van der Waals surface area (Å²) in [6, 6.07) is 7.54. The minimum Gasteiger partial charge on any atom is -0.484 e. The molecule has 23 heavy (non-hydrogen) atoms. The standard InChI is InChI=1S/C16H17FN4O2/c17-13-3-1-4-14(11-13)23-12-15(22)20-7-9-21(10-8-20)16-18-5-2-6-19-16/h1-6,11H,7-10,12H2. The van der Waals surface area contributed by atoms with E-state index in [-0.39, 0.29) is 18.3 Å². The molecule has 1 aliphatic rings. The van der Waals surface area contributed by atoms with Crippen molar-refractivity contribution < 1.29 is 13.9 Å². The van der Waals surface area contributed by atoms with Crippen molar-refractivity contribution >= 4 is 11.9 Å². The monoisotopic (exact) mass is 316 g/mol. The van der Waals surface area contributed by atoms with Gasteiger partial charge in [-0.3, -0.25) is 4.79 Å². The van der Waals surface area contributed by atoms with Crippen LogP contribution in [0.4, 0.5) is 10.3 Å². The summed E-state index contributed by atoms with van der Waals surface area (Å²) in [5.41, 5.74) is 0. The molecule has 1 saturated heterocycles. The molecule has 0 saturated carbocycles. The van der Waals surface area contributed by atoms with E-state index in [1.54, 1.807) is 35.5 Å². The molecule has 0 atom stereocenters. The molecule has 0 spiro atoms. The molecule has 7 heteroatoms. The van der Waals surface area contributed by atoms with Gasteiger partial charge in [0.1, 0.15) is 11.6 Å². The number of hydrogen-bond acceptors (Lipinski definition) is 5. The molecule has 0 aliphatic carbocycles. The Morgan fingerprint density at radius 1 is 1.13 bits per heavy atom. The van der Waals surface area contributed by atoms with Gasteiger partial charge in [0.05, 0.1) is 0 Å². The average Bonchev–Trinajstić information content (AvgIpc) is 2.61. The molecular weight excluding hydrogens is 299 g/mol. The van der Waals surface area contributed by atoms with E-state index in [9.17, 15) is 9.18 Å². The highest BCUT2D eigenvalue weighted by Crippen LogP contribution is 2.13. The van der Waals surface area contributed by atoms with Crippen LogP contribution in [0.2, 0.25) is 0 Å². The normalized spacial score (nSPS) is 14.7. The maximum Gasteiger partial charge on any atom is 0.260 e. The number of carbonyl (C=O) groups is 1. The van der Waals surface area contributed by atoms with E-state index in [0.29, 0.717) is 37.9 Å². The summed E-state index contributed by atoms with van der Waals surface area (Å²) in [5.74, 6) is 0.541. The van der Waals surface area contributed by atoms with Crippen LogP contribution in [0.25, 0.3) is 0 Å². The van der Waals surface area contributed by atoms with Crippen LogP contribution in [-0.4, -0.2) is 53.6 Å². The van der Waals surface area contributed by atoms with Crippen LogP contribution in [0.3, 0.4) is 0 Å². The second-order valence-electron chi connectivity index (χ2n) is 5.16. The van der Waals surface area contributed by atoms with E-state index in [4.69, 9.17) is 4.74 Å². The van der Waals surface area contributed by atoms with Crippen LogP contribution in [0.5, 0.6) is 5.75 Å². The van der Waals surface area contributed by atoms with Gasteiger partial charge in [0, 0.05) is 44.6 Å². The molecule has 2 heterocycles. The number of nitrogens with zero attached hydrogens (tertiary/aromatic N) is 4. The maximum absolute atomic E-state index is 13.1. The summed E-state index contributed by atoms with van der Waals surface area (Å²) in [5, 5.41) is 0. The van der Waals surface area contributed by atoms with Crippen molar-refractivity contribution in [2.75, 3.05) is 37.7 Å². The smallest absolute Gasteiger partial charge is 0.260 e. The second kappa shape index (κ2) is 7.04. The highest BCUT2D eigenvalue weighted by molar-refractivity contribution is 5.78. The lowest BCUT2D eigenvalue weighted by Crippen LogP contribution is -2.50. The number of amides is 1. The van der Waals surface area contributed by atoms with Gasteiger partial charge in [-0.15, -0.1) is 0 Å². The predicted molar refractivity (Wildman–Crippen MR) is 82.7 cm³/mol. The lowest BCUT2D eigenvalue weighted by Gasteiger charge is -2.34. The summed E-state index contributed by atoms with van der Waals surface area (Å²) >= 11 is 0. The number of anilines is 1. The Bertz CT molecular complexity index is 660. The molecule has 1 aliphatic heterocycles. The lowest BCUT2D eigenvalue weighted by molar-refractivity contribution is -0.133. The van der Waals surface area contributed by atoms with E-state index in [1.165, 1.54) is 12.1 Å². The highest BCUT2D eigenvalue weighted by atomic mass is 19.1. The zero-order valence-corrected chi connectivity index (χ0v) is 12.6. The Balaban J connectivity index is 1.48. The molecule has 0 bridgehead atoms. The van der Waals surface area contributed by atoms with Crippen molar-refractivity contribution in [3.8, 4) is 5.75 Å². The maximum atomic E-state index is 13.1. The zero-order valence-electron chi connectivity index (χ0n) is 12.6. The number of ether oxygens (including phenoxy) is 1. The largest absolute Gasteiger partial charge is 0.484 e. The van der Waals surface area contributed by atoms with Crippen molar-refractivity contribution in [1.29, 1.82) is 0 Å². The average molecular weight is 316 g/mol. The third-order valence-electron chi connectivity index (χ3n) is 3.63. The van der Waals surface area contributed by atoms with Crippen LogP contribution in [-0.2, 0) is 4.79 Å². The number of aromatic nitrogens is 2. The molecule has 0 N–H and O–H groups in total. The van der Waals surface area contributed by atoms with Crippen LogP contribution in [0.1, 0.15) is 0 Å². The zero-order chi connectivity index (χ0) is 16.1. The van der Waals surface area contributed by atoms with Crippen LogP contribution >= 0.6 is 0 Å². The third kappa shape index (κ3) is 3.94. The number of carbonyl (C=O) groups excluding carboxylic acids is 1. The molecule has 1 fully saturated rings. The number of piperazine rings is 1. The molecule has 3 rings (SSSR count). The molecule has 0 radical (unpaired) electrons. The van der Waals surface area contributed by atoms with Crippen molar-refractivity contribution in [3.63, 3.8) is 0 Å². The molecule has 1 aromatic carbocycles. The fourth-order valence-electron chi connectivity index (χ4n) is 2.40. The van der Waals surface area contributed by atoms with Gasteiger partial charge in [0.15, 0.2) is 6.61 Å². The molecular formula is C16H17FN4O2. The van der Waals surface area contributed by atoms with E-state index in [1.807, 2.05) is 4.90 Å². The van der Waals surface area contributed by atoms with Crippen molar-refractivity contribution in [2.45, 2.75) is 0 Å². The van der Waals surface area contributed by atoms with Gasteiger partial charge in [-0.25, -0.2) is 14.4 Å². The number of rotatable bonds is 4. The van der Waals surface area contributed by atoms with Gasteiger partial charge in [-0.1, -0.05) is 6.07 Å². The Morgan fingerprint density at radius 3 is 2.57 bits per heavy atom. The molecule has 2 aromatic rings. The Kier molecular flexibility index (Phi) is 4.65. The van der Waals surface area contributed by atoms with E-state index < -0.39 is 0 Å². The molecule has 1 aromatic heterocycles. The summed E-state index contributed by atoms with van der Waals surface area (Å²) in [6.45, 7) is 2.43. The minimum absolute atomic E-state index is 0.0920. The third-order valence-corrected chi connectivity index (χ3v) is 3.63. The fraction of sp³-hybridized carbons (Fsp3) is 0.312. The van der Waals surface area contributed by atoms with Gasteiger partial charge in [-0.2, -0.15) is 0 Å². The highest BCUT2D eigenvalue weighted by Gasteiger charge is 2.22.